The van der Waals surface area contributed by atoms with Crippen LogP contribution in [0, 0.1) is 0 Å². The summed E-state index contributed by atoms with van der Waals surface area (Å²) >= 11 is 0. The van der Waals surface area contributed by atoms with E-state index in [1.807, 2.05) is 18.2 Å². The topological polar surface area (TPSA) is 97.6 Å². The van der Waals surface area contributed by atoms with Gasteiger partial charge in [0, 0.05) is 30.6 Å². The number of anilines is 2. The number of rotatable bonds is 2. The lowest BCUT2D eigenvalue weighted by Crippen LogP contribution is -2.26. The minimum atomic E-state index is -0.633. The van der Waals surface area contributed by atoms with Crippen molar-refractivity contribution in [1.29, 1.82) is 0 Å². The molecular weight excluding hydrogens is 268 g/mol. The average molecular weight is 286 g/mol. The molecule has 0 saturated heterocycles. The summed E-state index contributed by atoms with van der Waals surface area (Å²) in [6.45, 7) is 0.763. The van der Waals surface area contributed by atoms with Crippen LogP contribution in [0.15, 0.2) is 30.6 Å². The largest absolute Gasteiger partial charge is 0.397 e. The first-order valence-corrected chi connectivity index (χ1v) is 6.69. The van der Waals surface area contributed by atoms with E-state index in [4.69, 9.17) is 16.3 Å². The van der Waals surface area contributed by atoms with Gasteiger partial charge in [0.1, 0.15) is 6.10 Å². The summed E-state index contributed by atoms with van der Waals surface area (Å²) in [7, 11) is 1.74. The summed E-state index contributed by atoms with van der Waals surface area (Å²) in [4.78, 5) is 4.23. The quantitative estimate of drug-likeness (QED) is 0.436. The second kappa shape index (κ2) is 5.33. The molecule has 110 valence electrons. The van der Waals surface area contributed by atoms with Crippen LogP contribution in [0.2, 0.25) is 0 Å². The van der Waals surface area contributed by atoms with Gasteiger partial charge in [-0.3, -0.25) is 4.98 Å². The molecule has 2 aromatic rings. The Balaban J connectivity index is 2.13. The first-order chi connectivity index (χ1) is 10.1. The van der Waals surface area contributed by atoms with E-state index >= 15 is 0 Å². The fourth-order valence-electron chi connectivity index (χ4n) is 2.58. The number of hydrazine groups is 1. The van der Waals surface area contributed by atoms with Crippen molar-refractivity contribution in [3.8, 4) is 11.1 Å². The van der Waals surface area contributed by atoms with Crippen LogP contribution in [-0.4, -0.2) is 23.7 Å². The summed E-state index contributed by atoms with van der Waals surface area (Å²) in [5.74, 6) is 5.79. The summed E-state index contributed by atoms with van der Waals surface area (Å²) in [5.41, 5.74) is 10.9. The molecule has 0 radical (unpaired) electrons. The lowest BCUT2D eigenvalue weighted by Gasteiger charge is -2.24. The second-order valence-electron chi connectivity index (χ2n) is 5.17. The van der Waals surface area contributed by atoms with Gasteiger partial charge >= 0.3 is 0 Å². The molecule has 1 aliphatic rings. The van der Waals surface area contributed by atoms with Gasteiger partial charge in [-0.05, 0) is 23.3 Å². The van der Waals surface area contributed by atoms with Crippen LogP contribution in [0.3, 0.4) is 0 Å². The van der Waals surface area contributed by atoms with Crippen LogP contribution in [0.4, 0.5) is 11.4 Å². The lowest BCUT2D eigenvalue weighted by atomic mass is 9.94. The van der Waals surface area contributed by atoms with Gasteiger partial charge < -0.3 is 20.6 Å². The molecule has 0 bridgehead atoms. The molecule has 0 amide bonds. The van der Waals surface area contributed by atoms with Crippen molar-refractivity contribution < 1.29 is 9.84 Å². The Morgan fingerprint density at radius 2 is 2.19 bits per heavy atom. The van der Waals surface area contributed by atoms with Crippen molar-refractivity contribution in [2.24, 2.45) is 5.84 Å². The van der Waals surface area contributed by atoms with Gasteiger partial charge in [0.2, 0.25) is 0 Å². The maximum absolute atomic E-state index is 10.0. The van der Waals surface area contributed by atoms with Crippen molar-refractivity contribution in [1.82, 2.24) is 4.98 Å². The molecule has 1 aromatic heterocycles. The number of hydrogen-bond donors (Lipinski definition) is 3. The van der Waals surface area contributed by atoms with Crippen LogP contribution in [0.1, 0.15) is 17.2 Å². The van der Waals surface area contributed by atoms with Crippen LogP contribution < -0.4 is 16.6 Å². The predicted octanol–water partition coefficient (Wildman–Crippen LogP) is 1.20. The Kier molecular flexibility index (Phi) is 3.50. The van der Waals surface area contributed by atoms with E-state index in [9.17, 15) is 5.11 Å². The van der Waals surface area contributed by atoms with Crippen LogP contribution in [-0.2, 0) is 11.3 Å². The zero-order valence-corrected chi connectivity index (χ0v) is 11.8. The van der Waals surface area contributed by atoms with Crippen molar-refractivity contribution in [3.05, 3.63) is 41.7 Å². The highest BCUT2D eigenvalue weighted by Gasteiger charge is 2.22. The lowest BCUT2D eigenvalue weighted by molar-refractivity contribution is 0.00981. The molecule has 6 heteroatoms. The number of fused-ring (bicyclic) bond motifs is 1. The number of aromatic nitrogens is 1. The Bertz CT molecular complexity index is 673. The van der Waals surface area contributed by atoms with Gasteiger partial charge in [-0.1, -0.05) is 6.07 Å². The maximum Gasteiger partial charge on any atom is 0.104 e. The van der Waals surface area contributed by atoms with E-state index in [1.54, 1.807) is 19.4 Å². The number of aliphatic hydroxyl groups is 1. The van der Waals surface area contributed by atoms with E-state index in [0.717, 1.165) is 27.9 Å². The highest BCUT2D eigenvalue weighted by atomic mass is 16.5. The van der Waals surface area contributed by atoms with Crippen molar-refractivity contribution in [2.45, 2.75) is 12.7 Å². The highest BCUT2D eigenvalue weighted by Crippen LogP contribution is 2.35. The fraction of sp³-hybridized carbons (Fsp3) is 0.267. The molecule has 1 aliphatic heterocycles. The number of pyridine rings is 1. The van der Waals surface area contributed by atoms with Crippen LogP contribution >= 0.6 is 0 Å². The monoisotopic (exact) mass is 286 g/mol. The van der Waals surface area contributed by atoms with E-state index < -0.39 is 6.10 Å². The molecule has 0 aliphatic carbocycles. The molecule has 1 atom stereocenters. The van der Waals surface area contributed by atoms with E-state index in [1.165, 1.54) is 5.01 Å². The molecule has 2 heterocycles. The van der Waals surface area contributed by atoms with Crippen molar-refractivity contribution in [3.63, 3.8) is 0 Å². The van der Waals surface area contributed by atoms with Gasteiger partial charge in [-0.25, -0.2) is 5.84 Å². The molecule has 1 aromatic carbocycles. The molecule has 1 unspecified atom stereocenters. The van der Waals surface area contributed by atoms with Crippen LogP contribution in [0.5, 0.6) is 0 Å². The third-order valence-electron chi connectivity index (χ3n) is 3.69. The Morgan fingerprint density at radius 1 is 1.38 bits per heavy atom. The van der Waals surface area contributed by atoms with Gasteiger partial charge in [-0.15, -0.1) is 0 Å². The Morgan fingerprint density at radius 3 is 2.95 bits per heavy atom. The van der Waals surface area contributed by atoms with Crippen LogP contribution in [0.25, 0.3) is 11.1 Å². The minimum Gasteiger partial charge on any atom is -0.397 e. The van der Waals surface area contributed by atoms with E-state index in [-0.39, 0.29) is 0 Å². The highest BCUT2D eigenvalue weighted by molar-refractivity contribution is 5.78. The maximum atomic E-state index is 10.0. The van der Waals surface area contributed by atoms with Crippen molar-refractivity contribution >= 4 is 11.4 Å². The molecule has 3 rings (SSSR count). The first kappa shape index (κ1) is 13.8. The third kappa shape index (κ3) is 2.44. The first-order valence-electron chi connectivity index (χ1n) is 6.69. The van der Waals surface area contributed by atoms with E-state index in [0.29, 0.717) is 18.9 Å². The fourth-order valence-corrected chi connectivity index (χ4v) is 2.58. The summed E-state index contributed by atoms with van der Waals surface area (Å²) in [6, 6.07) is 5.64. The summed E-state index contributed by atoms with van der Waals surface area (Å²) in [6.07, 6.45) is 2.83. The standard InChI is InChI=1S/C15H18N4O2/c1-19(17)14-4-9(2-3-13(14)16)10-5-18-6-11-12(10)7-21-8-15(11)20/h2-6,15,20H,7-8,16-17H2,1H3. The normalized spacial score (nSPS) is 17.4. The number of nitrogen functional groups attached to an aromatic ring is 1. The zero-order valence-electron chi connectivity index (χ0n) is 11.8. The van der Waals surface area contributed by atoms with Crippen molar-refractivity contribution in [2.75, 3.05) is 24.4 Å². The number of hydrogen-bond acceptors (Lipinski definition) is 6. The minimum absolute atomic E-state index is 0.302. The Hall–Kier alpha value is -2.15. The molecular formula is C15H18N4O2. The SMILES string of the molecule is CN(N)c1cc(-c2cncc3c2COCC3O)ccc1N. The molecule has 0 saturated carbocycles. The van der Waals surface area contributed by atoms with Gasteiger partial charge in [-0.2, -0.15) is 0 Å². The molecule has 0 fully saturated rings. The van der Waals surface area contributed by atoms with Gasteiger partial charge in [0.25, 0.3) is 0 Å². The smallest absolute Gasteiger partial charge is 0.104 e. The number of nitrogens with two attached hydrogens (primary N) is 2. The molecule has 6 nitrogen and oxygen atoms in total. The summed E-state index contributed by atoms with van der Waals surface area (Å²) < 4.78 is 5.43. The summed E-state index contributed by atoms with van der Waals surface area (Å²) in [5, 5.41) is 11.5. The average Bonchev–Trinajstić information content (AvgIpc) is 2.47. The van der Waals surface area contributed by atoms with Gasteiger partial charge in [0.15, 0.2) is 0 Å². The number of benzene rings is 1. The molecule has 5 N–H and O–H groups in total. The number of aliphatic hydroxyl groups excluding tert-OH is 1. The third-order valence-corrected chi connectivity index (χ3v) is 3.69. The number of ether oxygens (including phenoxy) is 1. The second-order valence-corrected chi connectivity index (χ2v) is 5.17. The predicted molar refractivity (Wildman–Crippen MR) is 81.3 cm³/mol. The number of nitrogens with zero attached hydrogens (tertiary/aromatic N) is 2. The Labute approximate surface area is 122 Å². The molecule has 0 spiro atoms. The van der Waals surface area contributed by atoms with E-state index in [2.05, 4.69) is 4.98 Å². The van der Waals surface area contributed by atoms with Gasteiger partial charge in [0.05, 0.1) is 24.6 Å². The molecule has 21 heavy (non-hydrogen) atoms. The zero-order chi connectivity index (χ0) is 15.0.